The smallest absolute Gasteiger partial charge is 0.460 e. The van der Waals surface area contributed by atoms with Crippen molar-refractivity contribution in [2.24, 2.45) is 0 Å². The van der Waals surface area contributed by atoms with E-state index in [1.165, 1.54) is 0 Å². The summed E-state index contributed by atoms with van der Waals surface area (Å²) in [6, 6.07) is 0. The van der Waals surface area contributed by atoms with E-state index in [0.717, 1.165) is 0 Å². The molecule has 0 aliphatic rings. The average Bonchev–Trinajstić information content (AvgIpc) is 2.67. The highest BCUT2D eigenvalue weighted by Gasteiger charge is 2.97. The molecule has 2 nitrogen and oxygen atoms in total. The Balaban J connectivity index is 7.74. The van der Waals surface area contributed by atoms with Crippen LogP contribution in [0.1, 0.15) is 0 Å². The number of allylic oxidation sites excluding steroid dienone is 1. The van der Waals surface area contributed by atoms with Crippen LogP contribution in [0.3, 0.4) is 0 Å². The van der Waals surface area contributed by atoms with E-state index >= 15 is 0 Å². The fourth-order valence-electron chi connectivity index (χ4n) is 2.36. The Hall–Kier alpha value is -2.54. The molecule has 0 unspecified atom stereocenters. The largest absolute Gasteiger partial charge is 0.478 e. The van der Waals surface area contributed by atoms with Crippen molar-refractivity contribution < 1.29 is 120 Å². The second-order valence-corrected chi connectivity index (χ2v) is 7.14. The molecule has 0 heterocycles. The Bertz CT molecular complexity index is 1030. The quantitative estimate of drug-likeness (QED) is 0.198. The minimum absolute atomic E-state index is 4.44. The van der Waals surface area contributed by atoms with Gasteiger partial charge in [-0.1, -0.05) is 0 Å². The van der Waals surface area contributed by atoms with Crippen LogP contribution in [-0.4, -0.2) is 77.0 Å². The highest BCUT2D eigenvalue weighted by molar-refractivity contribution is 5.89. The van der Waals surface area contributed by atoms with Crippen LogP contribution >= 0.6 is 0 Å². The standard InChI is InChI=1S/C14HF25O2/c15-4(16,2(6(20,21)22)1(3(40)41)5(17,18)19)7(23,24)8(25,26)9(27,28)10(29,30)11(31,32)12(33,34)13(35,36)14(37,38)39/h(H,40,41). The lowest BCUT2D eigenvalue weighted by Crippen LogP contribution is -2.76. The van der Waals surface area contributed by atoms with Gasteiger partial charge in [0.2, 0.25) is 0 Å². The summed E-state index contributed by atoms with van der Waals surface area (Å²) in [5.41, 5.74) is -10.9. The van der Waals surface area contributed by atoms with E-state index in [1.54, 1.807) is 0 Å². The fraction of sp³-hybridized carbons (Fsp3) is 0.786. The van der Waals surface area contributed by atoms with Gasteiger partial charge in [0, 0.05) is 0 Å². The number of halogens is 25. The molecule has 0 rings (SSSR count). The first kappa shape index (κ1) is 38.5. The van der Waals surface area contributed by atoms with Crippen molar-refractivity contribution in [3.05, 3.63) is 11.1 Å². The minimum Gasteiger partial charge on any atom is -0.478 e. The Morgan fingerprint density at radius 1 is 0.366 bits per heavy atom. The summed E-state index contributed by atoms with van der Waals surface area (Å²) in [4.78, 5) is 10.4. The molecule has 0 amide bonds. The molecular weight excluding hydrogens is 675 g/mol. The van der Waals surface area contributed by atoms with E-state index in [4.69, 9.17) is 5.11 Å². The van der Waals surface area contributed by atoms with E-state index < -0.39 is 83.0 Å². The molecule has 0 aromatic carbocycles. The van der Waals surface area contributed by atoms with Gasteiger partial charge in [0.1, 0.15) is 5.57 Å². The monoisotopic (exact) mass is 676 g/mol. The molecule has 0 spiro atoms. The van der Waals surface area contributed by atoms with Gasteiger partial charge >= 0.3 is 71.9 Å². The van der Waals surface area contributed by atoms with Crippen molar-refractivity contribution in [2.45, 2.75) is 65.9 Å². The molecule has 0 bridgehead atoms. The maximum atomic E-state index is 13.8. The Kier molecular flexibility index (Phi) is 8.90. The molecule has 0 fully saturated rings. The van der Waals surface area contributed by atoms with Gasteiger partial charge in [-0.05, 0) is 0 Å². The number of carboxylic acids is 1. The average molecular weight is 676 g/mol. The molecule has 0 atom stereocenters. The van der Waals surface area contributed by atoms with Crippen LogP contribution in [0.25, 0.3) is 0 Å². The van der Waals surface area contributed by atoms with Gasteiger partial charge in [-0.3, -0.25) is 0 Å². The van der Waals surface area contributed by atoms with Crippen LogP contribution in [0, 0.1) is 0 Å². The maximum absolute atomic E-state index is 13.8. The van der Waals surface area contributed by atoms with Crippen LogP contribution in [0.4, 0.5) is 110 Å². The number of carboxylic acid groups (broad SMARTS) is 1. The number of carbonyl (C=O) groups is 1. The second kappa shape index (κ2) is 9.48. The van der Waals surface area contributed by atoms with E-state index in [-0.39, 0.29) is 0 Å². The third kappa shape index (κ3) is 5.17. The predicted octanol–water partition coefficient (Wildman–Crippen LogP) is 8.14. The summed E-state index contributed by atoms with van der Waals surface area (Å²) in [6.45, 7) is 0. The Morgan fingerprint density at radius 3 is 0.805 bits per heavy atom. The fourth-order valence-corrected chi connectivity index (χ4v) is 2.36. The summed E-state index contributed by atoms with van der Waals surface area (Å²) < 4.78 is 327. The van der Waals surface area contributed by atoms with Crippen molar-refractivity contribution >= 4 is 5.97 Å². The van der Waals surface area contributed by atoms with E-state index in [1.807, 2.05) is 0 Å². The zero-order valence-electron chi connectivity index (χ0n) is 17.3. The number of aliphatic carboxylic acids is 1. The normalized spacial score (nSPS) is 17.0. The third-order valence-electron chi connectivity index (χ3n) is 4.46. The molecule has 41 heavy (non-hydrogen) atoms. The van der Waals surface area contributed by atoms with Crippen LogP contribution in [0.5, 0.6) is 0 Å². The van der Waals surface area contributed by atoms with Crippen molar-refractivity contribution in [3.63, 3.8) is 0 Å². The molecule has 0 saturated carbocycles. The van der Waals surface area contributed by atoms with Crippen molar-refractivity contribution in [1.29, 1.82) is 0 Å². The first-order chi connectivity index (χ1) is 17.2. The Labute approximate surface area is 204 Å². The molecule has 0 aromatic heterocycles. The lowest BCUT2D eigenvalue weighted by molar-refractivity contribution is -0.468. The third-order valence-corrected chi connectivity index (χ3v) is 4.46. The zero-order chi connectivity index (χ0) is 34.2. The summed E-state index contributed by atoms with van der Waals surface area (Å²) in [5.74, 6) is -78.6. The van der Waals surface area contributed by atoms with Gasteiger partial charge in [-0.2, -0.15) is 110 Å². The van der Waals surface area contributed by atoms with E-state index in [0.29, 0.717) is 0 Å². The molecule has 0 radical (unpaired) electrons. The highest BCUT2D eigenvalue weighted by Crippen LogP contribution is 2.66. The molecule has 27 heteroatoms. The van der Waals surface area contributed by atoms with Crippen molar-refractivity contribution in [2.75, 3.05) is 0 Å². The van der Waals surface area contributed by atoms with Gasteiger partial charge in [-0.15, -0.1) is 0 Å². The maximum Gasteiger partial charge on any atom is 0.460 e. The summed E-state index contributed by atoms with van der Waals surface area (Å²) >= 11 is 0. The lowest BCUT2D eigenvalue weighted by atomic mass is 9.84. The second-order valence-electron chi connectivity index (χ2n) is 7.14. The molecular formula is C14HF25O2. The molecule has 244 valence electrons. The molecule has 0 saturated heterocycles. The van der Waals surface area contributed by atoms with E-state index in [9.17, 15) is 115 Å². The molecule has 0 aliphatic heterocycles. The summed E-state index contributed by atoms with van der Waals surface area (Å²) in [7, 11) is 0. The highest BCUT2D eigenvalue weighted by atomic mass is 19.4. The molecule has 0 aliphatic carbocycles. The van der Waals surface area contributed by atoms with Gasteiger partial charge < -0.3 is 5.11 Å². The molecule has 1 N–H and O–H groups in total. The predicted molar refractivity (Wildman–Crippen MR) is 72.4 cm³/mol. The Morgan fingerprint density at radius 2 is 0.610 bits per heavy atom. The first-order valence-electron chi connectivity index (χ1n) is 8.40. The van der Waals surface area contributed by atoms with Crippen LogP contribution in [0.15, 0.2) is 11.1 Å². The lowest BCUT2D eigenvalue weighted by Gasteiger charge is -2.44. The van der Waals surface area contributed by atoms with Crippen LogP contribution in [0.2, 0.25) is 0 Å². The van der Waals surface area contributed by atoms with Crippen LogP contribution < -0.4 is 0 Å². The van der Waals surface area contributed by atoms with Gasteiger partial charge in [-0.25, -0.2) is 4.79 Å². The number of rotatable bonds is 9. The summed E-state index contributed by atoms with van der Waals surface area (Å²) in [5, 5.41) is 8.04. The van der Waals surface area contributed by atoms with Gasteiger partial charge in [0.25, 0.3) is 0 Å². The van der Waals surface area contributed by atoms with Crippen LogP contribution in [-0.2, 0) is 4.79 Å². The number of hydrogen-bond acceptors (Lipinski definition) is 1. The van der Waals surface area contributed by atoms with Gasteiger partial charge in [0.05, 0.1) is 0 Å². The SMILES string of the molecule is O=C(O)C(=C(C(F)(F)F)C(F)(F)C(F)(F)C(F)(F)C(F)(F)C(F)(F)C(F)(F)C(F)(F)C(F)(F)C(F)(F)F)C(F)(F)F. The van der Waals surface area contributed by atoms with Gasteiger partial charge in [0.15, 0.2) is 5.57 Å². The number of alkyl halides is 25. The first-order valence-corrected chi connectivity index (χ1v) is 8.40. The number of hydrogen-bond donors (Lipinski definition) is 1. The molecule has 0 aromatic rings. The van der Waals surface area contributed by atoms with Crippen molar-refractivity contribution in [3.8, 4) is 0 Å². The topological polar surface area (TPSA) is 37.3 Å². The summed E-state index contributed by atoms with van der Waals surface area (Å²) in [6.07, 6.45) is -23.7. The minimum atomic E-state index is -9.61. The zero-order valence-corrected chi connectivity index (χ0v) is 17.3. The van der Waals surface area contributed by atoms with E-state index in [2.05, 4.69) is 0 Å². The van der Waals surface area contributed by atoms with Crippen molar-refractivity contribution in [1.82, 2.24) is 0 Å².